The maximum Gasteiger partial charge on any atom is 0.228 e. The van der Waals surface area contributed by atoms with Crippen LogP contribution in [-0.2, 0) is 11.2 Å². The van der Waals surface area contributed by atoms with E-state index in [0.29, 0.717) is 11.3 Å². The number of carbonyl (C=O) groups excluding carboxylic acids is 1. The second-order valence-corrected chi connectivity index (χ2v) is 5.88. The van der Waals surface area contributed by atoms with Crippen molar-refractivity contribution in [3.8, 4) is 0 Å². The van der Waals surface area contributed by atoms with Crippen molar-refractivity contribution in [1.82, 2.24) is 0 Å². The summed E-state index contributed by atoms with van der Waals surface area (Å²) in [5.41, 5.74) is 4.91. The molecule has 2 aromatic carbocycles. The summed E-state index contributed by atoms with van der Waals surface area (Å²) >= 11 is 0. The van der Waals surface area contributed by atoms with E-state index in [1.807, 2.05) is 26.0 Å². The molecule has 1 amide bonds. The molecule has 0 fully saturated rings. The van der Waals surface area contributed by atoms with Crippen LogP contribution >= 0.6 is 0 Å². The average molecular weight is 311 g/mol. The fourth-order valence-corrected chi connectivity index (χ4v) is 2.52. The first-order valence-corrected chi connectivity index (χ1v) is 7.47. The molecule has 0 spiro atoms. The molecular weight excluding hydrogens is 293 g/mol. The van der Waals surface area contributed by atoms with Gasteiger partial charge in [0.15, 0.2) is 0 Å². The quantitative estimate of drug-likeness (QED) is 0.763. The van der Waals surface area contributed by atoms with Crippen molar-refractivity contribution < 1.29 is 13.6 Å². The molecule has 0 atom stereocenters. The lowest BCUT2D eigenvalue weighted by molar-refractivity contribution is -0.115. The number of hydrogen-bond donors (Lipinski definition) is 1. The van der Waals surface area contributed by atoms with Crippen molar-refractivity contribution in [3.05, 3.63) is 64.7 Å². The standard InChI is InChI=1S/C19H18FNO2/c1-11-4-5-15(9-17(11)20)21-19(22)8-14-10-23-18-7-13(3)12(2)6-16(14)18/h4-7,9-10H,8H2,1-3H3,(H,21,22). The summed E-state index contributed by atoms with van der Waals surface area (Å²) in [6.07, 6.45) is 1.80. The molecule has 3 nitrogen and oxygen atoms in total. The molecule has 3 aromatic rings. The Hall–Kier alpha value is -2.62. The molecule has 23 heavy (non-hydrogen) atoms. The molecule has 3 rings (SSSR count). The number of nitrogens with one attached hydrogen (secondary N) is 1. The van der Waals surface area contributed by atoms with E-state index < -0.39 is 0 Å². The fourth-order valence-electron chi connectivity index (χ4n) is 2.52. The van der Waals surface area contributed by atoms with Crippen LogP contribution in [0.25, 0.3) is 11.0 Å². The zero-order chi connectivity index (χ0) is 16.6. The lowest BCUT2D eigenvalue weighted by Gasteiger charge is -2.06. The number of rotatable bonds is 3. The van der Waals surface area contributed by atoms with Gasteiger partial charge in [-0.3, -0.25) is 4.79 Å². The first kappa shape index (κ1) is 15.3. The number of furan rings is 1. The Morgan fingerprint density at radius 2 is 1.83 bits per heavy atom. The van der Waals surface area contributed by atoms with Crippen LogP contribution in [-0.4, -0.2) is 5.91 Å². The molecule has 0 unspecified atom stereocenters. The van der Waals surface area contributed by atoms with Gasteiger partial charge in [-0.15, -0.1) is 0 Å². The van der Waals surface area contributed by atoms with Gasteiger partial charge in [0, 0.05) is 16.6 Å². The number of amides is 1. The zero-order valence-electron chi connectivity index (χ0n) is 13.4. The largest absolute Gasteiger partial charge is 0.464 e. The first-order valence-electron chi connectivity index (χ1n) is 7.47. The topological polar surface area (TPSA) is 42.2 Å². The normalized spacial score (nSPS) is 11.0. The second kappa shape index (κ2) is 5.88. The van der Waals surface area contributed by atoms with E-state index in [1.54, 1.807) is 25.3 Å². The van der Waals surface area contributed by atoms with Crippen molar-refractivity contribution in [2.24, 2.45) is 0 Å². The smallest absolute Gasteiger partial charge is 0.228 e. The Morgan fingerprint density at radius 1 is 1.09 bits per heavy atom. The highest BCUT2D eigenvalue weighted by Gasteiger charge is 2.12. The molecule has 0 aliphatic carbocycles. The van der Waals surface area contributed by atoms with Crippen molar-refractivity contribution in [2.75, 3.05) is 5.32 Å². The molecular formula is C19H18FNO2. The van der Waals surface area contributed by atoms with Gasteiger partial charge >= 0.3 is 0 Å². The van der Waals surface area contributed by atoms with E-state index in [-0.39, 0.29) is 18.1 Å². The van der Waals surface area contributed by atoms with Gasteiger partial charge in [0.2, 0.25) is 5.91 Å². The summed E-state index contributed by atoms with van der Waals surface area (Å²) in [6.45, 7) is 5.74. The molecule has 4 heteroatoms. The molecule has 1 aromatic heterocycles. The summed E-state index contributed by atoms with van der Waals surface area (Å²) in [7, 11) is 0. The lowest BCUT2D eigenvalue weighted by atomic mass is 10.0. The van der Waals surface area contributed by atoms with Gasteiger partial charge in [-0.05, 0) is 61.7 Å². The van der Waals surface area contributed by atoms with Crippen LogP contribution in [0.5, 0.6) is 0 Å². The highest BCUT2D eigenvalue weighted by Crippen LogP contribution is 2.25. The fraction of sp³-hybridized carbons (Fsp3) is 0.211. The monoisotopic (exact) mass is 311 g/mol. The molecule has 1 N–H and O–H groups in total. The second-order valence-electron chi connectivity index (χ2n) is 5.88. The molecule has 0 aliphatic heterocycles. The van der Waals surface area contributed by atoms with Crippen molar-refractivity contribution in [1.29, 1.82) is 0 Å². The summed E-state index contributed by atoms with van der Waals surface area (Å²) < 4.78 is 19.1. The number of hydrogen-bond acceptors (Lipinski definition) is 2. The van der Waals surface area contributed by atoms with Gasteiger partial charge in [0.05, 0.1) is 12.7 Å². The first-order chi connectivity index (χ1) is 10.9. The van der Waals surface area contributed by atoms with Gasteiger partial charge in [0.1, 0.15) is 11.4 Å². The van der Waals surface area contributed by atoms with Crippen LogP contribution in [0.1, 0.15) is 22.3 Å². The van der Waals surface area contributed by atoms with E-state index >= 15 is 0 Å². The maximum absolute atomic E-state index is 13.5. The Balaban J connectivity index is 1.80. The summed E-state index contributed by atoms with van der Waals surface area (Å²) in [4.78, 5) is 12.2. The highest BCUT2D eigenvalue weighted by molar-refractivity contribution is 5.95. The van der Waals surface area contributed by atoms with Crippen molar-refractivity contribution in [3.63, 3.8) is 0 Å². The van der Waals surface area contributed by atoms with Crippen LogP contribution in [0.3, 0.4) is 0 Å². The van der Waals surface area contributed by atoms with E-state index in [4.69, 9.17) is 4.42 Å². The number of carbonyl (C=O) groups is 1. The summed E-state index contributed by atoms with van der Waals surface area (Å²) in [6, 6.07) is 8.67. The maximum atomic E-state index is 13.5. The SMILES string of the molecule is Cc1cc2occ(CC(=O)Nc3ccc(C)c(F)c3)c2cc1C. The molecule has 0 saturated carbocycles. The number of anilines is 1. The summed E-state index contributed by atoms with van der Waals surface area (Å²) in [5.74, 6) is -0.531. The average Bonchev–Trinajstić information content (AvgIpc) is 2.86. The van der Waals surface area contributed by atoms with Gasteiger partial charge in [-0.1, -0.05) is 6.07 Å². The number of fused-ring (bicyclic) bond motifs is 1. The lowest BCUT2D eigenvalue weighted by Crippen LogP contribution is -2.14. The Kier molecular flexibility index (Phi) is 3.90. The van der Waals surface area contributed by atoms with Gasteiger partial charge < -0.3 is 9.73 Å². The highest BCUT2D eigenvalue weighted by atomic mass is 19.1. The minimum Gasteiger partial charge on any atom is -0.464 e. The molecule has 0 radical (unpaired) electrons. The van der Waals surface area contributed by atoms with E-state index in [9.17, 15) is 9.18 Å². The van der Waals surface area contributed by atoms with Crippen molar-refractivity contribution >= 4 is 22.6 Å². The van der Waals surface area contributed by atoms with Gasteiger partial charge in [0.25, 0.3) is 0 Å². The third-order valence-electron chi connectivity index (χ3n) is 4.08. The minimum atomic E-state index is -0.331. The van der Waals surface area contributed by atoms with Gasteiger partial charge in [-0.2, -0.15) is 0 Å². The van der Waals surface area contributed by atoms with Crippen LogP contribution < -0.4 is 5.32 Å². The zero-order valence-corrected chi connectivity index (χ0v) is 13.4. The third kappa shape index (κ3) is 3.11. The van der Waals surface area contributed by atoms with Crippen LogP contribution in [0.4, 0.5) is 10.1 Å². The predicted octanol–water partition coefficient (Wildman–Crippen LogP) is 4.68. The number of halogens is 1. The van der Waals surface area contributed by atoms with E-state index in [1.165, 1.54) is 6.07 Å². The Morgan fingerprint density at radius 3 is 2.57 bits per heavy atom. The van der Waals surface area contributed by atoms with Crippen LogP contribution in [0.15, 0.2) is 41.0 Å². The molecule has 0 bridgehead atoms. The predicted molar refractivity (Wildman–Crippen MR) is 89.2 cm³/mol. The van der Waals surface area contributed by atoms with Crippen LogP contribution in [0.2, 0.25) is 0 Å². The minimum absolute atomic E-state index is 0.186. The van der Waals surface area contributed by atoms with Crippen LogP contribution in [0, 0.1) is 26.6 Å². The van der Waals surface area contributed by atoms with Crippen molar-refractivity contribution in [2.45, 2.75) is 27.2 Å². The van der Waals surface area contributed by atoms with E-state index in [0.717, 1.165) is 27.7 Å². The molecule has 1 heterocycles. The number of aryl methyl sites for hydroxylation is 3. The Labute approximate surface area is 134 Å². The summed E-state index contributed by atoms with van der Waals surface area (Å²) in [5, 5.41) is 3.66. The van der Waals surface area contributed by atoms with E-state index in [2.05, 4.69) is 5.32 Å². The molecule has 118 valence electrons. The molecule has 0 aliphatic rings. The third-order valence-corrected chi connectivity index (χ3v) is 4.08. The number of benzene rings is 2. The van der Waals surface area contributed by atoms with Gasteiger partial charge in [-0.25, -0.2) is 4.39 Å². The Bertz CT molecular complexity index is 896. The molecule has 0 saturated heterocycles.